The Balaban J connectivity index is 2.08. The first-order chi connectivity index (χ1) is 11.0. The zero-order chi connectivity index (χ0) is 16.8. The normalized spacial score (nSPS) is 12.1. The molecule has 0 spiro atoms. The zero-order valence-corrected chi connectivity index (χ0v) is 13.1. The lowest BCUT2D eigenvalue weighted by Crippen LogP contribution is -2.20. The summed E-state index contributed by atoms with van der Waals surface area (Å²) in [5.74, 6) is -0.586. The summed E-state index contributed by atoms with van der Waals surface area (Å²) in [6, 6.07) is 0. The topological polar surface area (TPSA) is 122 Å². The molecule has 0 saturated carbocycles. The predicted molar refractivity (Wildman–Crippen MR) is 81.1 cm³/mol. The van der Waals surface area contributed by atoms with E-state index in [4.69, 9.17) is 15.2 Å². The molecule has 124 valence electrons. The third-order valence-corrected chi connectivity index (χ3v) is 3.19. The van der Waals surface area contributed by atoms with Crippen molar-refractivity contribution < 1.29 is 19.1 Å². The first-order valence-corrected chi connectivity index (χ1v) is 7.15. The van der Waals surface area contributed by atoms with E-state index in [0.717, 1.165) is 0 Å². The van der Waals surface area contributed by atoms with Crippen LogP contribution in [0.3, 0.4) is 0 Å². The number of aromatic nitrogens is 4. The summed E-state index contributed by atoms with van der Waals surface area (Å²) in [4.78, 5) is 34.2. The van der Waals surface area contributed by atoms with Gasteiger partial charge in [-0.3, -0.25) is 9.59 Å². The molecule has 1 atom stereocenters. The lowest BCUT2D eigenvalue weighted by Gasteiger charge is -2.17. The third-order valence-electron chi connectivity index (χ3n) is 3.19. The molecule has 2 rings (SSSR count). The molecule has 9 nitrogen and oxygen atoms in total. The van der Waals surface area contributed by atoms with E-state index < -0.39 is 0 Å². The van der Waals surface area contributed by atoms with Crippen LogP contribution >= 0.6 is 0 Å². The van der Waals surface area contributed by atoms with Crippen LogP contribution in [-0.4, -0.2) is 44.7 Å². The van der Waals surface area contributed by atoms with Gasteiger partial charge in [0.05, 0.1) is 25.7 Å². The van der Waals surface area contributed by atoms with Gasteiger partial charge in [0, 0.05) is 26.3 Å². The van der Waals surface area contributed by atoms with Crippen molar-refractivity contribution in [3.8, 4) is 0 Å². The van der Waals surface area contributed by atoms with Crippen molar-refractivity contribution in [2.75, 3.05) is 18.9 Å². The van der Waals surface area contributed by atoms with Crippen molar-refractivity contribution in [1.29, 1.82) is 0 Å². The van der Waals surface area contributed by atoms with Gasteiger partial charge >= 0.3 is 11.9 Å². The van der Waals surface area contributed by atoms with Crippen LogP contribution in [0.2, 0.25) is 0 Å². The highest BCUT2D eigenvalue weighted by molar-refractivity contribution is 5.70. The average Bonchev–Trinajstić information content (AvgIpc) is 2.86. The fourth-order valence-corrected chi connectivity index (χ4v) is 2.11. The van der Waals surface area contributed by atoms with E-state index in [-0.39, 0.29) is 37.0 Å². The molecule has 9 heteroatoms. The monoisotopic (exact) mass is 321 g/mol. The fraction of sp³-hybridized carbons (Fsp3) is 0.500. The molecule has 2 N–H and O–H groups in total. The number of ether oxygens (including phenoxy) is 2. The van der Waals surface area contributed by atoms with Gasteiger partial charge in [0.15, 0.2) is 5.65 Å². The Kier molecular flexibility index (Phi) is 5.45. The van der Waals surface area contributed by atoms with Gasteiger partial charge in [-0.15, -0.1) is 0 Å². The minimum atomic E-state index is -0.357. The summed E-state index contributed by atoms with van der Waals surface area (Å²) in [5.41, 5.74) is 6.84. The van der Waals surface area contributed by atoms with Gasteiger partial charge in [0.2, 0.25) is 5.95 Å². The van der Waals surface area contributed by atoms with Crippen molar-refractivity contribution in [3.05, 3.63) is 12.5 Å². The van der Waals surface area contributed by atoms with Crippen molar-refractivity contribution in [2.24, 2.45) is 5.92 Å². The number of carbonyl (C=O) groups is 2. The number of anilines is 1. The number of nitrogens with zero attached hydrogens (tertiary/aromatic N) is 4. The van der Waals surface area contributed by atoms with Gasteiger partial charge in [-0.1, -0.05) is 0 Å². The zero-order valence-electron chi connectivity index (χ0n) is 13.1. The molecule has 0 bridgehead atoms. The molecule has 0 aliphatic carbocycles. The number of esters is 2. The van der Waals surface area contributed by atoms with Crippen LogP contribution in [0, 0.1) is 5.92 Å². The largest absolute Gasteiger partial charge is 0.466 e. The molecule has 0 radical (unpaired) electrons. The number of nitrogens with two attached hydrogens (primary N) is 1. The summed E-state index contributed by atoms with van der Waals surface area (Å²) >= 11 is 0. The number of nitrogen functional groups attached to an aromatic ring is 1. The molecule has 0 fully saturated rings. The SMILES string of the molecule is CC(=O)OCCC(COC(C)=O)Cn1cnc2cnc(N)nc21. The van der Waals surface area contributed by atoms with Crippen molar-refractivity contribution in [3.63, 3.8) is 0 Å². The number of fused-ring (bicyclic) bond motifs is 1. The van der Waals surface area contributed by atoms with E-state index in [2.05, 4.69) is 15.0 Å². The number of hydrogen-bond donors (Lipinski definition) is 1. The summed E-state index contributed by atoms with van der Waals surface area (Å²) in [5, 5.41) is 0. The van der Waals surface area contributed by atoms with Crippen LogP contribution in [0.25, 0.3) is 11.2 Å². The Bertz CT molecular complexity index is 700. The predicted octanol–water partition coefficient (Wildman–Crippen LogP) is 0.541. The van der Waals surface area contributed by atoms with E-state index in [1.54, 1.807) is 12.5 Å². The average molecular weight is 321 g/mol. The molecule has 0 amide bonds. The molecule has 0 aromatic carbocycles. The molecule has 0 aliphatic heterocycles. The Morgan fingerprint density at radius 2 is 2.00 bits per heavy atom. The quantitative estimate of drug-likeness (QED) is 0.733. The first-order valence-electron chi connectivity index (χ1n) is 7.15. The van der Waals surface area contributed by atoms with E-state index in [0.29, 0.717) is 24.1 Å². The summed E-state index contributed by atoms with van der Waals surface area (Å²) in [6.45, 7) is 3.68. The minimum absolute atomic E-state index is 0.0492. The molecule has 0 aliphatic rings. The number of imidazole rings is 1. The maximum absolute atomic E-state index is 11.0. The van der Waals surface area contributed by atoms with E-state index >= 15 is 0 Å². The second-order valence-electron chi connectivity index (χ2n) is 5.13. The van der Waals surface area contributed by atoms with Gasteiger partial charge in [0.25, 0.3) is 0 Å². The third kappa shape index (κ3) is 4.90. The lowest BCUT2D eigenvalue weighted by atomic mass is 10.1. The van der Waals surface area contributed by atoms with E-state index in [1.807, 2.05) is 4.57 Å². The molecule has 2 heterocycles. The fourth-order valence-electron chi connectivity index (χ4n) is 2.11. The highest BCUT2D eigenvalue weighted by Gasteiger charge is 2.15. The maximum Gasteiger partial charge on any atom is 0.302 e. The standard InChI is InChI=1S/C14H19N5O4/c1-9(20)22-4-3-11(7-23-10(2)21)6-19-8-17-12-5-16-14(15)18-13(12)19/h5,8,11H,3-4,6-7H2,1-2H3,(H2,15,16,18). The second-order valence-corrected chi connectivity index (χ2v) is 5.13. The van der Waals surface area contributed by atoms with Gasteiger partial charge in [-0.25, -0.2) is 9.97 Å². The molecular formula is C14H19N5O4. The van der Waals surface area contributed by atoms with Crippen molar-refractivity contribution in [2.45, 2.75) is 26.8 Å². The van der Waals surface area contributed by atoms with E-state index in [9.17, 15) is 9.59 Å². The summed E-state index contributed by atoms with van der Waals surface area (Å²) in [7, 11) is 0. The Morgan fingerprint density at radius 3 is 2.70 bits per heavy atom. The van der Waals surface area contributed by atoms with Gasteiger partial charge in [-0.05, 0) is 6.42 Å². The molecular weight excluding hydrogens is 302 g/mol. The lowest BCUT2D eigenvalue weighted by molar-refractivity contribution is -0.145. The Morgan fingerprint density at radius 1 is 1.26 bits per heavy atom. The van der Waals surface area contributed by atoms with Crippen LogP contribution in [0.4, 0.5) is 5.95 Å². The van der Waals surface area contributed by atoms with Crippen LogP contribution in [0.5, 0.6) is 0 Å². The number of hydrogen-bond acceptors (Lipinski definition) is 8. The van der Waals surface area contributed by atoms with Gasteiger partial charge in [-0.2, -0.15) is 4.98 Å². The van der Waals surface area contributed by atoms with Crippen LogP contribution in [-0.2, 0) is 25.6 Å². The molecule has 0 saturated heterocycles. The maximum atomic E-state index is 11.0. The number of rotatable bonds is 7. The van der Waals surface area contributed by atoms with Crippen LogP contribution in [0.15, 0.2) is 12.5 Å². The summed E-state index contributed by atoms with van der Waals surface area (Å²) in [6.07, 6.45) is 3.73. The molecule has 2 aromatic rings. The van der Waals surface area contributed by atoms with Gasteiger partial charge < -0.3 is 19.8 Å². The smallest absolute Gasteiger partial charge is 0.302 e. The second kappa shape index (κ2) is 7.52. The molecule has 23 heavy (non-hydrogen) atoms. The van der Waals surface area contributed by atoms with Crippen LogP contribution in [0.1, 0.15) is 20.3 Å². The van der Waals surface area contributed by atoms with Gasteiger partial charge in [0.1, 0.15) is 5.52 Å². The Labute approximate surface area is 132 Å². The van der Waals surface area contributed by atoms with Crippen molar-refractivity contribution in [1.82, 2.24) is 19.5 Å². The highest BCUT2D eigenvalue weighted by Crippen LogP contribution is 2.15. The Hall–Kier alpha value is -2.71. The first kappa shape index (κ1) is 16.7. The number of carbonyl (C=O) groups excluding carboxylic acids is 2. The minimum Gasteiger partial charge on any atom is -0.466 e. The van der Waals surface area contributed by atoms with Crippen molar-refractivity contribution >= 4 is 29.1 Å². The van der Waals surface area contributed by atoms with Crippen LogP contribution < -0.4 is 5.73 Å². The summed E-state index contributed by atoms with van der Waals surface area (Å²) < 4.78 is 11.8. The van der Waals surface area contributed by atoms with E-state index in [1.165, 1.54) is 13.8 Å². The molecule has 1 unspecified atom stereocenters. The highest BCUT2D eigenvalue weighted by atomic mass is 16.5. The molecule has 2 aromatic heterocycles.